The van der Waals surface area contributed by atoms with Gasteiger partial charge in [0.2, 0.25) is 0 Å². The zero-order valence-electron chi connectivity index (χ0n) is 11.4. The molecule has 1 heterocycles. The lowest BCUT2D eigenvalue weighted by atomic mass is 10.2. The second-order valence-electron chi connectivity index (χ2n) is 5.11. The Bertz CT molecular complexity index is 373. The lowest BCUT2D eigenvalue weighted by molar-refractivity contribution is -0.157. The van der Waals surface area contributed by atoms with Crippen molar-refractivity contribution in [1.29, 1.82) is 0 Å². The molecule has 0 aromatic heterocycles. The van der Waals surface area contributed by atoms with Gasteiger partial charge in [-0.1, -0.05) is 12.8 Å². The molecule has 7 heteroatoms. The monoisotopic (exact) mass is 284 g/mol. The predicted octanol–water partition coefficient (Wildman–Crippen LogP) is 0.477. The van der Waals surface area contributed by atoms with E-state index in [1.807, 2.05) is 0 Å². The molecule has 2 fully saturated rings. The van der Waals surface area contributed by atoms with E-state index in [1.54, 1.807) is 0 Å². The van der Waals surface area contributed by atoms with E-state index in [0.717, 1.165) is 32.1 Å². The first-order chi connectivity index (χ1) is 9.65. The van der Waals surface area contributed by atoms with E-state index in [0.29, 0.717) is 13.0 Å². The number of nitrogens with one attached hydrogen (secondary N) is 2. The van der Waals surface area contributed by atoms with Crippen LogP contribution in [0.2, 0.25) is 0 Å². The highest BCUT2D eigenvalue weighted by molar-refractivity contribution is 5.95. The van der Waals surface area contributed by atoms with Crippen molar-refractivity contribution in [3.63, 3.8) is 0 Å². The van der Waals surface area contributed by atoms with E-state index in [2.05, 4.69) is 10.6 Å². The normalized spacial score (nSPS) is 22.5. The first-order valence-electron chi connectivity index (χ1n) is 7.04. The van der Waals surface area contributed by atoms with Gasteiger partial charge in [0.1, 0.15) is 0 Å². The van der Waals surface area contributed by atoms with Crippen LogP contribution in [0.4, 0.5) is 4.79 Å². The number of imide groups is 1. The number of hydrogen-bond acceptors (Lipinski definition) is 5. The average Bonchev–Trinajstić information content (AvgIpc) is 3.08. The van der Waals surface area contributed by atoms with Gasteiger partial charge in [0.05, 0.1) is 0 Å². The predicted molar refractivity (Wildman–Crippen MR) is 68.9 cm³/mol. The average molecular weight is 284 g/mol. The van der Waals surface area contributed by atoms with Gasteiger partial charge in [0.25, 0.3) is 5.91 Å². The van der Waals surface area contributed by atoms with E-state index in [1.165, 1.54) is 0 Å². The van der Waals surface area contributed by atoms with Crippen LogP contribution in [0.15, 0.2) is 0 Å². The van der Waals surface area contributed by atoms with Crippen LogP contribution in [0.25, 0.3) is 0 Å². The van der Waals surface area contributed by atoms with Gasteiger partial charge >= 0.3 is 12.0 Å². The molecule has 0 spiro atoms. The van der Waals surface area contributed by atoms with Gasteiger partial charge in [-0.25, -0.2) is 9.59 Å². The first-order valence-corrected chi connectivity index (χ1v) is 7.04. The third kappa shape index (κ3) is 4.48. The van der Waals surface area contributed by atoms with Crippen molar-refractivity contribution < 1.29 is 23.9 Å². The van der Waals surface area contributed by atoms with Gasteiger partial charge in [-0.05, 0) is 25.7 Å². The van der Waals surface area contributed by atoms with Crippen LogP contribution in [0.3, 0.4) is 0 Å². The minimum Gasteiger partial charge on any atom is -0.454 e. The number of hydrogen-bond donors (Lipinski definition) is 2. The molecule has 2 rings (SSSR count). The Morgan fingerprint density at radius 3 is 2.50 bits per heavy atom. The van der Waals surface area contributed by atoms with E-state index in [-0.39, 0.29) is 6.04 Å². The number of rotatable bonds is 4. The fraction of sp³-hybridized carbons (Fsp3) is 0.769. The van der Waals surface area contributed by atoms with Crippen LogP contribution >= 0.6 is 0 Å². The second-order valence-corrected chi connectivity index (χ2v) is 5.11. The summed E-state index contributed by atoms with van der Waals surface area (Å²) in [5, 5.41) is 4.86. The molecule has 0 unspecified atom stereocenters. The molecular weight excluding hydrogens is 264 g/mol. The lowest BCUT2D eigenvalue weighted by Gasteiger charge is -2.13. The third-order valence-electron chi connectivity index (χ3n) is 3.48. The molecule has 2 aliphatic rings. The quantitative estimate of drug-likeness (QED) is 0.732. The van der Waals surface area contributed by atoms with Crippen LogP contribution in [-0.4, -0.2) is 43.3 Å². The minimum atomic E-state index is -0.633. The van der Waals surface area contributed by atoms with Crippen molar-refractivity contribution in [2.45, 2.75) is 50.7 Å². The maximum absolute atomic E-state index is 11.5. The first kappa shape index (κ1) is 14.8. The number of carbonyl (C=O) groups excluding carboxylic acids is 3. The molecule has 0 aromatic carbocycles. The van der Waals surface area contributed by atoms with Crippen molar-refractivity contribution in [3.8, 4) is 0 Å². The molecule has 0 bridgehead atoms. The molecule has 1 atom stereocenters. The molecule has 7 nitrogen and oxygen atoms in total. The summed E-state index contributed by atoms with van der Waals surface area (Å²) in [7, 11) is 0. The second kappa shape index (κ2) is 7.23. The van der Waals surface area contributed by atoms with Crippen molar-refractivity contribution >= 4 is 17.9 Å². The summed E-state index contributed by atoms with van der Waals surface area (Å²) < 4.78 is 9.93. The highest BCUT2D eigenvalue weighted by Gasteiger charge is 2.26. The molecule has 1 saturated heterocycles. The molecular formula is C13H20N2O5. The van der Waals surface area contributed by atoms with Crippen molar-refractivity contribution in [2.24, 2.45) is 0 Å². The minimum absolute atomic E-state index is 0.136. The van der Waals surface area contributed by atoms with Crippen LogP contribution in [0.5, 0.6) is 0 Å². The van der Waals surface area contributed by atoms with E-state index < -0.39 is 30.6 Å². The topological polar surface area (TPSA) is 93.7 Å². The van der Waals surface area contributed by atoms with Gasteiger partial charge in [0, 0.05) is 12.6 Å². The number of ether oxygens (including phenoxy) is 2. The molecule has 2 N–H and O–H groups in total. The fourth-order valence-corrected chi connectivity index (χ4v) is 2.45. The fourth-order valence-electron chi connectivity index (χ4n) is 2.45. The number of urea groups is 1. The van der Waals surface area contributed by atoms with Crippen molar-refractivity contribution in [1.82, 2.24) is 10.6 Å². The Labute approximate surface area is 117 Å². The molecule has 0 radical (unpaired) electrons. The van der Waals surface area contributed by atoms with Gasteiger partial charge < -0.3 is 14.8 Å². The van der Waals surface area contributed by atoms with Gasteiger partial charge in [-0.15, -0.1) is 0 Å². The molecule has 1 aliphatic carbocycles. The zero-order chi connectivity index (χ0) is 14.4. The van der Waals surface area contributed by atoms with Crippen LogP contribution < -0.4 is 10.6 Å². The number of amides is 3. The van der Waals surface area contributed by atoms with Crippen LogP contribution in [0, 0.1) is 0 Å². The summed E-state index contributed by atoms with van der Waals surface area (Å²) in [6, 6.07) is -0.396. The number of carbonyl (C=O) groups is 3. The Kier molecular flexibility index (Phi) is 5.34. The Morgan fingerprint density at radius 1 is 1.10 bits per heavy atom. The lowest BCUT2D eigenvalue weighted by Crippen LogP contribution is -2.45. The highest BCUT2D eigenvalue weighted by Crippen LogP contribution is 2.17. The van der Waals surface area contributed by atoms with Crippen LogP contribution in [0.1, 0.15) is 38.5 Å². The maximum atomic E-state index is 11.5. The summed E-state index contributed by atoms with van der Waals surface area (Å²) in [4.78, 5) is 34.4. The van der Waals surface area contributed by atoms with Gasteiger partial charge in [-0.3, -0.25) is 10.1 Å². The summed E-state index contributed by atoms with van der Waals surface area (Å²) in [6.45, 7) is 0.0759. The molecule has 0 aromatic rings. The Balaban J connectivity index is 1.61. The summed E-state index contributed by atoms with van der Waals surface area (Å²) in [5.41, 5.74) is 0. The highest BCUT2D eigenvalue weighted by atomic mass is 16.6. The van der Waals surface area contributed by atoms with Gasteiger partial charge in [-0.2, -0.15) is 0 Å². The molecule has 20 heavy (non-hydrogen) atoms. The zero-order valence-corrected chi connectivity index (χ0v) is 11.4. The van der Waals surface area contributed by atoms with Crippen molar-refractivity contribution in [3.05, 3.63) is 0 Å². The van der Waals surface area contributed by atoms with Crippen molar-refractivity contribution in [2.75, 3.05) is 13.2 Å². The maximum Gasteiger partial charge on any atom is 0.335 e. The molecule has 112 valence electrons. The molecule has 3 amide bonds. The van der Waals surface area contributed by atoms with E-state index >= 15 is 0 Å². The Hall–Kier alpha value is -1.63. The third-order valence-corrected chi connectivity index (χ3v) is 3.48. The largest absolute Gasteiger partial charge is 0.454 e. The van der Waals surface area contributed by atoms with E-state index in [9.17, 15) is 14.4 Å². The van der Waals surface area contributed by atoms with E-state index in [4.69, 9.17) is 9.47 Å². The molecule has 1 saturated carbocycles. The number of esters is 1. The van der Waals surface area contributed by atoms with Crippen LogP contribution in [-0.2, 0) is 19.1 Å². The standard InChI is InChI=1S/C13H20N2O5/c16-11(8-20-12(17)10-6-3-7-19-10)15-13(18)14-9-4-1-2-5-9/h9-10H,1-8H2,(H2,14,15,16,18)/t10-/m0/s1. The summed E-state index contributed by atoms with van der Waals surface area (Å²) in [6.07, 6.45) is 4.93. The smallest absolute Gasteiger partial charge is 0.335 e. The summed E-state index contributed by atoms with van der Waals surface area (Å²) in [5.74, 6) is -1.18. The summed E-state index contributed by atoms with van der Waals surface area (Å²) >= 11 is 0. The Morgan fingerprint density at radius 2 is 1.85 bits per heavy atom. The SMILES string of the molecule is O=C(COC(=O)[C@@H]1CCCO1)NC(=O)NC1CCCC1. The molecule has 1 aliphatic heterocycles. The van der Waals surface area contributed by atoms with Gasteiger partial charge in [0.15, 0.2) is 12.7 Å².